The first-order valence-electron chi connectivity index (χ1n) is 5.90. The smallest absolute Gasteiger partial charge is 0.338 e. The second-order valence-electron chi connectivity index (χ2n) is 4.03. The van der Waals surface area contributed by atoms with Crippen molar-refractivity contribution in [2.45, 2.75) is 13.0 Å². The van der Waals surface area contributed by atoms with Crippen molar-refractivity contribution in [2.75, 3.05) is 18.5 Å². The zero-order valence-electron chi connectivity index (χ0n) is 10.4. The third-order valence-electron chi connectivity index (χ3n) is 2.67. The van der Waals surface area contributed by atoms with Crippen LogP contribution in [0.3, 0.4) is 0 Å². The highest BCUT2D eigenvalue weighted by Crippen LogP contribution is 2.18. The van der Waals surface area contributed by atoms with Crippen LogP contribution in [0.1, 0.15) is 17.3 Å². The molecule has 0 aromatic heterocycles. The summed E-state index contributed by atoms with van der Waals surface area (Å²) in [5, 5.41) is 11.3. The van der Waals surface area contributed by atoms with Crippen LogP contribution in [0.4, 0.5) is 10.5 Å². The van der Waals surface area contributed by atoms with E-state index in [1.54, 1.807) is 31.2 Å². The monoisotopic (exact) mass is 259 g/mol. The van der Waals surface area contributed by atoms with Gasteiger partial charge in [-0.15, -0.1) is 0 Å². The van der Waals surface area contributed by atoms with Gasteiger partial charge in [0.05, 0.1) is 24.8 Å². The standard InChI is InChI=1S/C13H13N3O3/c1-2-19-12(17)9-3-5-10(6-4-9)15-13(18)16-8-11(16)7-14/h3-6,11H,2,8H2,1H3,(H,15,18). The summed E-state index contributed by atoms with van der Waals surface area (Å²) in [7, 11) is 0. The molecule has 1 aliphatic rings. The molecule has 0 spiro atoms. The number of nitrogens with one attached hydrogen (secondary N) is 1. The Morgan fingerprint density at radius 2 is 2.16 bits per heavy atom. The van der Waals surface area contributed by atoms with Gasteiger partial charge in [-0.2, -0.15) is 5.26 Å². The highest BCUT2D eigenvalue weighted by molar-refractivity contribution is 5.93. The number of anilines is 1. The van der Waals surface area contributed by atoms with E-state index in [9.17, 15) is 9.59 Å². The molecule has 0 saturated carbocycles. The number of urea groups is 1. The molecular weight excluding hydrogens is 246 g/mol. The fourth-order valence-electron chi connectivity index (χ4n) is 1.57. The average Bonchev–Trinajstić information content (AvgIpc) is 3.19. The van der Waals surface area contributed by atoms with Crippen LogP contribution in [0.25, 0.3) is 0 Å². The normalized spacial score (nSPS) is 16.4. The van der Waals surface area contributed by atoms with Gasteiger partial charge in [0.1, 0.15) is 6.04 Å². The number of rotatable bonds is 3. The van der Waals surface area contributed by atoms with E-state index in [-0.39, 0.29) is 12.1 Å². The summed E-state index contributed by atoms with van der Waals surface area (Å²) in [6.07, 6.45) is 0. The zero-order chi connectivity index (χ0) is 13.8. The van der Waals surface area contributed by atoms with E-state index in [0.717, 1.165) is 0 Å². The van der Waals surface area contributed by atoms with Gasteiger partial charge in [0.25, 0.3) is 0 Å². The molecule has 19 heavy (non-hydrogen) atoms. The lowest BCUT2D eigenvalue weighted by atomic mass is 10.2. The van der Waals surface area contributed by atoms with Crippen LogP contribution in [0.5, 0.6) is 0 Å². The molecule has 1 aromatic carbocycles. The van der Waals surface area contributed by atoms with Gasteiger partial charge in [0.2, 0.25) is 0 Å². The molecule has 1 unspecified atom stereocenters. The summed E-state index contributed by atoms with van der Waals surface area (Å²) < 4.78 is 4.86. The van der Waals surface area contributed by atoms with E-state index < -0.39 is 5.97 Å². The molecule has 1 N–H and O–H groups in total. The van der Waals surface area contributed by atoms with Crippen molar-refractivity contribution < 1.29 is 14.3 Å². The zero-order valence-corrected chi connectivity index (χ0v) is 10.4. The first-order chi connectivity index (χ1) is 9.15. The van der Waals surface area contributed by atoms with Crippen LogP contribution in [0, 0.1) is 11.3 Å². The van der Waals surface area contributed by atoms with E-state index in [2.05, 4.69) is 5.32 Å². The number of esters is 1. The fraction of sp³-hybridized carbons (Fsp3) is 0.308. The van der Waals surface area contributed by atoms with Gasteiger partial charge in [-0.05, 0) is 31.2 Å². The molecule has 1 aromatic rings. The van der Waals surface area contributed by atoms with E-state index >= 15 is 0 Å². The maximum Gasteiger partial charge on any atom is 0.338 e. The molecule has 0 bridgehead atoms. The summed E-state index contributed by atoms with van der Waals surface area (Å²) in [6, 6.07) is 7.77. The number of carbonyl (C=O) groups excluding carboxylic acids is 2. The summed E-state index contributed by atoms with van der Waals surface area (Å²) in [4.78, 5) is 24.5. The molecule has 6 nitrogen and oxygen atoms in total. The second kappa shape index (κ2) is 5.40. The number of hydrogen-bond donors (Lipinski definition) is 1. The Balaban J connectivity index is 1.94. The molecule has 1 aliphatic heterocycles. The van der Waals surface area contributed by atoms with Gasteiger partial charge >= 0.3 is 12.0 Å². The quantitative estimate of drug-likeness (QED) is 0.660. The number of nitrogens with zero attached hydrogens (tertiary/aromatic N) is 2. The van der Waals surface area contributed by atoms with Gasteiger partial charge < -0.3 is 15.0 Å². The first-order valence-corrected chi connectivity index (χ1v) is 5.90. The molecule has 2 rings (SSSR count). The maximum absolute atomic E-state index is 11.6. The molecule has 6 heteroatoms. The number of ether oxygens (including phenoxy) is 1. The van der Waals surface area contributed by atoms with Gasteiger partial charge in [-0.1, -0.05) is 0 Å². The van der Waals surface area contributed by atoms with Gasteiger partial charge in [-0.25, -0.2) is 9.59 Å². The summed E-state index contributed by atoms with van der Waals surface area (Å²) in [5.41, 5.74) is 1.00. The highest BCUT2D eigenvalue weighted by Gasteiger charge is 2.38. The van der Waals surface area contributed by atoms with Gasteiger partial charge in [0, 0.05) is 5.69 Å². The minimum atomic E-state index is -0.393. The molecule has 98 valence electrons. The van der Waals surface area contributed by atoms with Crippen LogP contribution in [0.15, 0.2) is 24.3 Å². The average molecular weight is 259 g/mol. The number of hydrogen-bond acceptors (Lipinski definition) is 4. The molecule has 2 amide bonds. The Bertz CT molecular complexity index is 533. The van der Waals surface area contributed by atoms with E-state index in [0.29, 0.717) is 24.4 Å². The van der Waals surface area contributed by atoms with Crippen LogP contribution >= 0.6 is 0 Å². The lowest BCUT2D eigenvalue weighted by Crippen LogP contribution is -2.20. The van der Waals surface area contributed by atoms with E-state index in [1.807, 2.05) is 6.07 Å². The van der Waals surface area contributed by atoms with Crippen LogP contribution in [0.2, 0.25) is 0 Å². The van der Waals surface area contributed by atoms with Gasteiger partial charge in [-0.3, -0.25) is 0 Å². The first kappa shape index (κ1) is 12.9. The summed E-state index contributed by atoms with van der Waals surface area (Å²) in [6.45, 7) is 2.52. The lowest BCUT2D eigenvalue weighted by Gasteiger charge is -2.07. The van der Waals surface area contributed by atoms with Crippen molar-refractivity contribution >= 4 is 17.7 Å². The molecular formula is C13H13N3O3. The largest absolute Gasteiger partial charge is 0.462 e. The Labute approximate surface area is 110 Å². The third kappa shape index (κ3) is 3.01. The number of carbonyl (C=O) groups is 2. The highest BCUT2D eigenvalue weighted by atomic mass is 16.5. The molecule has 0 radical (unpaired) electrons. The number of nitriles is 1. The topological polar surface area (TPSA) is 82.2 Å². The maximum atomic E-state index is 11.6. The van der Waals surface area contributed by atoms with Crippen molar-refractivity contribution in [3.63, 3.8) is 0 Å². The summed E-state index contributed by atoms with van der Waals surface area (Å²) in [5.74, 6) is -0.393. The second-order valence-corrected chi connectivity index (χ2v) is 4.03. The van der Waals surface area contributed by atoms with Crippen molar-refractivity contribution in [1.29, 1.82) is 5.26 Å². The number of benzene rings is 1. The van der Waals surface area contributed by atoms with Crippen molar-refractivity contribution in [2.24, 2.45) is 0 Å². The van der Waals surface area contributed by atoms with Crippen LogP contribution in [-0.4, -0.2) is 36.1 Å². The van der Waals surface area contributed by atoms with Crippen molar-refractivity contribution in [1.82, 2.24) is 4.90 Å². The third-order valence-corrected chi connectivity index (χ3v) is 2.67. The SMILES string of the molecule is CCOC(=O)c1ccc(NC(=O)N2CC2C#N)cc1. The Kier molecular flexibility index (Phi) is 3.66. The Morgan fingerprint density at radius 1 is 1.47 bits per heavy atom. The van der Waals surface area contributed by atoms with Crippen LogP contribution in [-0.2, 0) is 4.74 Å². The van der Waals surface area contributed by atoms with Gasteiger partial charge in [0.15, 0.2) is 0 Å². The van der Waals surface area contributed by atoms with E-state index in [1.165, 1.54) is 4.90 Å². The molecule has 1 heterocycles. The molecule has 1 atom stereocenters. The predicted molar refractivity (Wildman–Crippen MR) is 67.5 cm³/mol. The fourth-order valence-corrected chi connectivity index (χ4v) is 1.57. The minimum Gasteiger partial charge on any atom is -0.462 e. The molecule has 1 saturated heterocycles. The van der Waals surface area contributed by atoms with Crippen molar-refractivity contribution in [3.05, 3.63) is 29.8 Å². The Hall–Kier alpha value is -2.55. The molecule has 0 aliphatic carbocycles. The minimum absolute atomic E-state index is 0.310. The molecule has 1 fully saturated rings. The predicted octanol–water partition coefficient (Wildman–Crippen LogP) is 1.60. The van der Waals surface area contributed by atoms with E-state index in [4.69, 9.17) is 10.00 Å². The Morgan fingerprint density at radius 3 is 2.68 bits per heavy atom. The number of amides is 2. The van der Waals surface area contributed by atoms with Crippen molar-refractivity contribution in [3.8, 4) is 6.07 Å². The summed E-state index contributed by atoms with van der Waals surface area (Å²) >= 11 is 0. The van der Waals surface area contributed by atoms with Crippen LogP contribution < -0.4 is 5.32 Å². The lowest BCUT2D eigenvalue weighted by molar-refractivity contribution is 0.0526.